The van der Waals surface area contributed by atoms with Crippen LogP contribution in [0, 0.1) is 0 Å². The van der Waals surface area contributed by atoms with E-state index in [2.05, 4.69) is 11.5 Å². The van der Waals surface area contributed by atoms with Gasteiger partial charge >= 0.3 is 0 Å². The molecule has 1 heterocycles. The second-order valence-corrected chi connectivity index (χ2v) is 8.47. The van der Waals surface area contributed by atoms with Gasteiger partial charge in [0, 0.05) is 23.7 Å². The minimum atomic E-state index is -0.788. The lowest BCUT2D eigenvalue weighted by Gasteiger charge is -2.28. The van der Waals surface area contributed by atoms with Crippen molar-refractivity contribution in [2.45, 2.75) is 19.9 Å². The van der Waals surface area contributed by atoms with Crippen LogP contribution in [0.1, 0.15) is 31.0 Å². The van der Waals surface area contributed by atoms with Crippen LogP contribution in [0.3, 0.4) is 0 Å². The molecule has 1 fully saturated rings. The summed E-state index contributed by atoms with van der Waals surface area (Å²) >= 11 is 5.99. The zero-order chi connectivity index (χ0) is 25.5. The summed E-state index contributed by atoms with van der Waals surface area (Å²) < 4.78 is 11.2. The molecule has 1 aliphatic rings. The second-order valence-electron chi connectivity index (χ2n) is 8.04. The molecule has 0 saturated carbocycles. The Kier molecular flexibility index (Phi) is 8.95. The summed E-state index contributed by atoms with van der Waals surface area (Å²) in [6.45, 7) is 10.6. The number of Topliss-reactive ketones (excluding diaryl/α,β-unsaturated/α-hetero) is 1. The summed E-state index contributed by atoms with van der Waals surface area (Å²) in [6.07, 6.45) is 1.63. The normalized spacial score (nSPS) is 17.2. The van der Waals surface area contributed by atoms with Crippen molar-refractivity contribution in [3.8, 4) is 11.5 Å². The Bertz CT molecular complexity index is 1110. The third kappa shape index (κ3) is 5.69. The number of rotatable bonds is 11. The highest BCUT2D eigenvalue weighted by atomic mass is 35.5. The Morgan fingerprint density at radius 3 is 2.43 bits per heavy atom. The summed E-state index contributed by atoms with van der Waals surface area (Å²) in [5, 5.41) is 11.7. The standard InChI is InChI=1S/C27H31ClN2O5/c1-5-16-35-21-13-10-19(17-22(21)34-4)24-23(25(31)18-8-11-20(28)12-9-18)26(32)27(33)30(24)15-14-29(6-2)7-3/h5,8-13,17,24,31H,1,6-7,14-16H2,2-4H3/b25-23+. The van der Waals surface area contributed by atoms with E-state index in [0.29, 0.717) is 47.3 Å². The van der Waals surface area contributed by atoms with Crippen molar-refractivity contribution in [3.63, 3.8) is 0 Å². The van der Waals surface area contributed by atoms with E-state index >= 15 is 0 Å². The number of amides is 1. The number of benzene rings is 2. The van der Waals surface area contributed by atoms with Gasteiger partial charge < -0.3 is 24.4 Å². The minimum absolute atomic E-state index is 0.0266. The molecule has 3 rings (SSSR count). The number of methoxy groups -OCH3 is 1. The second kappa shape index (κ2) is 11.9. The van der Waals surface area contributed by atoms with Gasteiger partial charge in [-0.15, -0.1) is 0 Å². The van der Waals surface area contributed by atoms with Crippen molar-refractivity contribution in [3.05, 3.63) is 76.8 Å². The van der Waals surface area contributed by atoms with Crippen molar-refractivity contribution >= 4 is 29.1 Å². The molecule has 0 radical (unpaired) electrons. The molecule has 35 heavy (non-hydrogen) atoms. The lowest BCUT2D eigenvalue weighted by molar-refractivity contribution is -0.140. The molecule has 7 nitrogen and oxygen atoms in total. The lowest BCUT2D eigenvalue weighted by atomic mass is 9.95. The number of hydrogen-bond acceptors (Lipinski definition) is 6. The van der Waals surface area contributed by atoms with Crippen molar-refractivity contribution in [1.82, 2.24) is 9.80 Å². The van der Waals surface area contributed by atoms with Gasteiger partial charge in [0.25, 0.3) is 11.7 Å². The Morgan fingerprint density at radius 1 is 1.14 bits per heavy atom. The van der Waals surface area contributed by atoms with E-state index in [-0.39, 0.29) is 11.3 Å². The third-order valence-electron chi connectivity index (χ3n) is 6.07. The number of nitrogens with zero attached hydrogens (tertiary/aromatic N) is 2. The van der Waals surface area contributed by atoms with E-state index in [1.54, 1.807) is 48.5 Å². The highest BCUT2D eigenvalue weighted by molar-refractivity contribution is 6.46. The van der Waals surface area contributed by atoms with Gasteiger partial charge in [0.2, 0.25) is 0 Å². The predicted octanol–water partition coefficient (Wildman–Crippen LogP) is 4.68. The summed E-state index contributed by atoms with van der Waals surface area (Å²) in [6, 6.07) is 10.9. The average molecular weight is 499 g/mol. The number of ether oxygens (including phenoxy) is 2. The molecule has 0 bridgehead atoms. The molecular formula is C27H31ClN2O5. The SMILES string of the molecule is C=CCOc1ccc(C2/C(=C(\O)c3ccc(Cl)cc3)C(=O)C(=O)N2CCN(CC)CC)cc1OC. The highest BCUT2D eigenvalue weighted by Crippen LogP contribution is 2.42. The van der Waals surface area contributed by atoms with Gasteiger partial charge in [0.15, 0.2) is 11.5 Å². The first-order valence-electron chi connectivity index (χ1n) is 11.5. The van der Waals surface area contributed by atoms with E-state index in [9.17, 15) is 14.7 Å². The van der Waals surface area contributed by atoms with Gasteiger partial charge in [0.05, 0.1) is 18.7 Å². The molecule has 0 aromatic heterocycles. The van der Waals surface area contributed by atoms with Gasteiger partial charge in [-0.25, -0.2) is 0 Å². The van der Waals surface area contributed by atoms with Crippen LogP contribution >= 0.6 is 11.6 Å². The quantitative estimate of drug-likeness (QED) is 0.210. The molecule has 1 saturated heterocycles. The lowest BCUT2D eigenvalue weighted by Crippen LogP contribution is -2.38. The van der Waals surface area contributed by atoms with E-state index in [0.717, 1.165) is 13.1 Å². The Morgan fingerprint density at radius 2 is 1.83 bits per heavy atom. The topological polar surface area (TPSA) is 79.3 Å². The fourth-order valence-electron chi connectivity index (χ4n) is 4.13. The van der Waals surface area contributed by atoms with E-state index < -0.39 is 17.7 Å². The first-order chi connectivity index (χ1) is 16.9. The Labute approximate surface area is 211 Å². The maximum Gasteiger partial charge on any atom is 0.295 e. The number of hydrogen-bond donors (Lipinski definition) is 1. The summed E-state index contributed by atoms with van der Waals surface area (Å²) in [7, 11) is 1.52. The number of likely N-dealkylation sites (N-methyl/N-ethyl adjacent to an activating group) is 1. The summed E-state index contributed by atoms with van der Waals surface area (Å²) in [4.78, 5) is 30.1. The Hall–Kier alpha value is -3.29. The molecule has 0 aliphatic carbocycles. The Balaban J connectivity index is 2.13. The van der Waals surface area contributed by atoms with Crippen LogP contribution in [0.4, 0.5) is 0 Å². The molecular weight excluding hydrogens is 468 g/mol. The smallest absolute Gasteiger partial charge is 0.295 e. The van der Waals surface area contributed by atoms with Crippen LogP contribution < -0.4 is 9.47 Å². The first-order valence-corrected chi connectivity index (χ1v) is 11.9. The minimum Gasteiger partial charge on any atom is -0.507 e. The van der Waals surface area contributed by atoms with Gasteiger partial charge in [-0.05, 0) is 55.1 Å². The van der Waals surface area contributed by atoms with Gasteiger partial charge in [0.1, 0.15) is 12.4 Å². The van der Waals surface area contributed by atoms with Crippen molar-refractivity contribution in [1.29, 1.82) is 0 Å². The van der Waals surface area contributed by atoms with Crippen molar-refractivity contribution in [2.75, 3.05) is 39.9 Å². The highest BCUT2D eigenvalue weighted by Gasteiger charge is 2.46. The maximum absolute atomic E-state index is 13.2. The summed E-state index contributed by atoms with van der Waals surface area (Å²) in [5.74, 6) is -0.669. The molecule has 2 aromatic carbocycles. The van der Waals surface area contributed by atoms with Crippen LogP contribution in [0.25, 0.3) is 5.76 Å². The largest absolute Gasteiger partial charge is 0.507 e. The number of carbonyl (C=O) groups excluding carboxylic acids is 2. The molecule has 1 N–H and O–H groups in total. The van der Waals surface area contributed by atoms with Gasteiger partial charge in [-0.3, -0.25) is 9.59 Å². The van der Waals surface area contributed by atoms with Crippen molar-refractivity contribution in [2.24, 2.45) is 0 Å². The molecule has 0 spiro atoms. The molecule has 1 atom stereocenters. The van der Waals surface area contributed by atoms with Gasteiger partial charge in [-0.2, -0.15) is 0 Å². The fraction of sp³-hybridized carbons (Fsp3) is 0.333. The summed E-state index contributed by atoms with van der Waals surface area (Å²) in [5.41, 5.74) is 1.06. The number of halogens is 1. The number of aliphatic hydroxyl groups excluding tert-OH is 1. The molecule has 1 aliphatic heterocycles. The number of carbonyl (C=O) groups is 2. The molecule has 8 heteroatoms. The van der Waals surface area contributed by atoms with E-state index in [1.807, 2.05) is 13.8 Å². The third-order valence-corrected chi connectivity index (χ3v) is 6.32. The van der Waals surface area contributed by atoms with E-state index in [1.165, 1.54) is 12.0 Å². The zero-order valence-electron chi connectivity index (χ0n) is 20.3. The van der Waals surface area contributed by atoms with Crippen LogP contribution in [0.2, 0.25) is 5.02 Å². The molecule has 1 unspecified atom stereocenters. The first kappa shape index (κ1) is 26.3. The van der Waals surface area contributed by atoms with Crippen LogP contribution in [-0.4, -0.2) is 66.5 Å². The average Bonchev–Trinajstić information content (AvgIpc) is 3.13. The van der Waals surface area contributed by atoms with E-state index in [4.69, 9.17) is 21.1 Å². The molecule has 1 amide bonds. The van der Waals surface area contributed by atoms with Crippen LogP contribution in [0.15, 0.2) is 60.7 Å². The monoisotopic (exact) mass is 498 g/mol. The number of aliphatic hydroxyl groups is 1. The van der Waals surface area contributed by atoms with Crippen LogP contribution in [-0.2, 0) is 9.59 Å². The molecule has 2 aromatic rings. The molecule has 186 valence electrons. The zero-order valence-corrected chi connectivity index (χ0v) is 21.0. The van der Waals surface area contributed by atoms with Crippen molar-refractivity contribution < 1.29 is 24.2 Å². The number of likely N-dealkylation sites (tertiary alicyclic amines) is 1. The number of ketones is 1. The predicted molar refractivity (Wildman–Crippen MR) is 137 cm³/mol. The van der Waals surface area contributed by atoms with Crippen LogP contribution in [0.5, 0.6) is 11.5 Å². The van der Waals surface area contributed by atoms with Gasteiger partial charge in [-0.1, -0.05) is 44.2 Å². The maximum atomic E-state index is 13.2. The fourth-order valence-corrected chi connectivity index (χ4v) is 4.26.